The first-order chi connectivity index (χ1) is 13.6. The topological polar surface area (TPSA) is 124 Å². The smallest absolute Gasteiger partial charge is 0.249 e. The zero-order chi connectivity index (χ0) is 21.3. The van der Waals surface area contributed by atoms with Gasteiger partial charge in [-0.05, 0) is 23.8 Å². The van der Waals surface area contributed by atoms with Crippen molar-refractivity contribution in [2.45, 2.75) is 25.2 Å². The first kappa shape index (κ1) is 21.0. The first-order valence-corrected chi connectivity index (χ1v) is 10.6. The third kappa shape index (κ3) is 4.64. The van der Waals surface area contributed by atoms with Crippen LogP contribution in [0.15, 0.2) is 47.5 Å². The van der Waals surface area contributed by atoms with Gasteiger partial charge >= 0.3 is 0 Å². The lowest BCUT2D eigenvalue weighted by Gasteiger charge is -2.08. The Morgan fingerprint density at radius 2 is 1.93 bits per heavy atom. The van der Waals surface area contributed by atoms with E-state index in [0.29, 0.717) is 10.6 Å². The van der Waals surface area contributed by atoms with Crippen LogP contribution in [-0.4, -0.2) is 30.0 Å². The van der Waals surface area contributed by atoms with Crippen molar-refractivity contribution in [1.29, 1.82) is 0 Å². The van der Waals surface area contributed by atoms with E-state index in [2.05, 4.69) is 10.4 Å². The third-order valence-electron chi connectivity index (χ3n) is 4.21. The van der Waals surface area contributed by atoms with Crippen LogP contribution in [0.1, 0.15) is 24.2 Å². The van der Waals surface area contributed by atoms with E-state index in [9.17, 15) is 18.0 Å². The van der Waals surface area contributed by atoms with Crippen LogP contribution in [0.25, 0.3) is 10.9 Å². The van der Waals surface area contributed by atoms with E-state index < -0.39 is 15.9 Å². The summed E-state index contributed by atoms with van der Waals surface area (Å²) in [4.78, 5) is 24.4. The van der Waals surface area contributed by atoms with Crippen molar-refractivity contribution in [2.75, 3.05) is 5.32 Å². The number of nitrogens with two attached hydrogens (primary N) is 1. The maximum absolute atomic E-state index is 12.4. The normalized spacial score (nSPS) is 11.8. The average Bonchev–Trinajstić information content (AvgIpc) is 3.05. The lowest BCUT2D eigenvalue weighted by Crippen LogP contribution is -2.17. The summed E-state index contributed by atoms with van der Waals surface area (Å²) in [6, 6.07) is 9.64. The number of rotatable bonds is 5. The number of amides is 1. The maximum Gasteiger partial charge on any atom is 0.249 e. The van der Waals surface area contributed by atoms with Crippen LogP contribution in [0.4, 0.5) is 5.69 Å². The molecule has 3 N–H and O–H groups in total. The second kappa shape index (κ2) is 7.94. The fourth-order valence-corrected chi connectivity index (χ4v) is 3.75. The molecule has 1 amide bonds. The lowest BCUT2D eigenvalue weighted by molar-refractivity contribution is -0.115. The predicted molar refractivity (Wildman–Crippen MR) is 110 cm³/mol. The monoisotopic (exact) mass is 434 g/mol. The van der Waals surface area contributed by atoms with Gasteiger partial charge in [-0.2, -0.15) is 5.10 Å². The van der Waals surface area contributed by atoms with E-state index in [1.807, 2.05) is 0 Å². The number of anilines is 1. The van der Waals surface area contributed by atoms with E-state index >= 15 is 0 Å². The van der Waals surface area contributed by atoms with Crippen molar-refractivity contribution in [3.63, 3.8) is 0 Å². The van der Waals surface area contributed by atoms with Crippen molar-refractivity contribution in [1.82, 2.24) is 9.78 Å². The van der Waals surface area contributed by atoms with Gasteiger partial charge in [-0.3, -0.25) is 9.59 Å². The van der Waals surface area contributed by atoms with Crippen LogP contribution in [0.3, 0.4) is 0 Å². The zero-order valence-electron chi connectivity index (χ0n) is 15.7. The molecule has 0 saturated heterocycles. The van der Waals surface area contributed by atoms with Crippen LogP contribution in [0.2, 0.25) is 5.02 Å². The molecule has 0 aliphatic carbocycles. The number of halogens is 1. The molecule has 0 aliphatic heterocycles. The van der Waals surface area contributed by atoms with E-state index in [1.54, 1.807) is 38.1 Å². The number of nitrogens with zero attached hydrogens (tertiary/aromatic N) is 2. The van der Waals surface area contributed by atoms with Crippen molar-refractivity contribution < 1.29 is 18.0 Å². The number of hydrogen-bond acceptors (Lipinski definition) is 5. The standard InChI is InChI=1S/C19H19ClN4O4S/c1-11(2)19(26)24-10-14-16(23-24)8-13(9-17(14)29(21,27)28)22-18(25)7-12-5-3-4-6-15(12)20/h3-6,8-11H,7H2,1-2H3,(H,22,25)(H2,21,27,28). The van der Waals surface area contributed by atoms with Crippen molar-refractivity contribution in [3.05, 3.63) is 53.2 Å². The fourth-order valence-electron chi connectivity index (χ4n) is 2.80. The van der Waals surface area contributed by atoms with Crippen molar-refractivity contribution in [3.8, 4) is 0 Å². The number of hydrogen-bond donors (Lipinski definition) is 2. The molecule has 0 unspecified atom stereocenters. The molecule has 0 saturated carbocycles. The number of sulfonamides is 1. The van der Waals surface area contributed by atoms with Crippen LogP contribution < -0.4 is 10.5 Å². The number of aromatic nitrogens is 2. The molecular formula is C19H19ClN4O4S. The predicted octanol–water partition coefficient (Wildman–Crippen LogP) is 2.81. The molecule has 0 radical (unpaired) electrons. The quantitative estimate of drug-likeness (QED) is 0.638. The highest BCUT2D eigenvalue weighted by Gasteiger charge is 2.20. The second-order valence-electron chi connectivity index (χ2n) is 6.84. The molecule has 3 rings (SSSR count). The van der Waals surface area contributed by atoms with Gasteiger partial charge in [0.05, 0.1) is 16.8 Å². The minimum atomic E-state index is -4.12. The SMILES string of the molecule is CC(C)C(=O)n1cc2c(S(N)(=O)=O)cc(NC(=O)Cc3ccccc3Cl)cc2n1. The number of nitrogens with one attached hydrogen (secondary N) is 1. The third-order valence-corrected chi connectivity index (χ3v) is 5.53. The van der Waals surface area contributed by atoms with Crippen LogP contribution in [0.5, 0.6) is 0 Å². The molecule has 0 bridgehead atoms. The Balaban J connectivity index is 1.99. The first-order valence-electron chi connectivity index (χ1n) is 8.70. The van der Waals surface area contributed by atoms with Gasteiger partial charge < -0.3 is 5.32 Å². The summed E-state index contributed by atoms with van der Waals surface area (Å²) in [6.07, 6.45) is 1.33. The van der Waals surface area contributed by atoms with Crippen LogP contribution >= 0.6 is 11.6 Å². The zero-order valence-corrected chi connectivity index (χ0v) is 17.3. The average molecular weight is 435 g/mol. The maximum atomic E-state index is 12.4. The summed E-state index contributed by atoms with van der Waals surface area (Å²) >= 11 is 6.07. The lowest BCUT2D eigenvalue weighted by atomic mass is 10.1. The van der Waals surface area contributed by atoms with E-state index in [1.165, 1.54) is 18.3 Å². The Bertz CT molecular complexity index is 1220. The second-order valence-corrected chi connectivity index (χ2v) is 8.77. The van der Waals surface area contributed by atoms with E-state index in [4.69, 9.17) is 16.7 Å². The Hall–Kier alpha value is -2.75. The van der Waals surface area contributed by atoms with Crippen LogP contribution in [0, 0.1) is 5.92 Å². The van der Waals surface area contributed by atoms with Gasteiger partial charge in [-0.15, -0.1) is 0 Å². The molecule has 0 fully saturated rings. The molecule has 1 aromatic heterocycles. The fraction of sp³-hybridized carbons (Fsp3) is 0.211. The van der Waals surface area contributed by atoms with E-state index in [-0.39, 0.29) is 39.7 Å². The summed E-state index contributed by atoms with van der Waals surface area (Å²) in [5.74, 6) is -1.03. The van der Waals surface area contributed by atoms with Gasteiger partial charge in [0.15, 0.2) is 0 Å². The summed E-state index contributed by atoms with van der Waals surface area (Å²) < 4.78 is 25.2. The van der Waals surface area contributed by atoms with Crippen LogP contribution in [-0.2, 0) is 21.2 Å². The molecule has 2 aromatic carbocycles. The number of benzene rings is 2. The Morgan fingerprint density at radius 3 is 2.55 bits per heavy atom. The molecule has 10 heteroatoms. The molecule has 3 aromatic rings. The summed E-state index contributed by atoms with van der Waals surface area (Å²) in [6.45, 7) is 3.41. The summed E-state index contributed by atoms with van der Waals surface area (Å²) in [5, 5.41) is 12.8. The molecular weight excluding hydrogens is 416 g/mol. The van der Waals surface area contributed by atoms with Gasteiger partial charge in [0, 0.05) is 28.2 Å². The highest BCUT2D eigenvalue weighted by molar-refractivity contribution is 7.89. The van der Waals surface area contributed by atoms with Gasteiger partial charge in [0.2, 0.25) is 21.8 Å². The van der Waals surface area contributed by atoms with Gasteiger partial charge in [-0.1, -0.05) is 43.6 Å². The number of primary sulfonamides is 1. The molecule has 1 heterocycles. The highest BCUT2D eigenvalue weighted by Crippen LogP contribution is 2.27. The summed E-state index contributed by atoms with van der Waals surface area (Å²) in [7, 11) is -4.12. The van der Waals surface area contributed by atoms with E-state index in [0.717, 1.165) is 4.68 Å². The molecule has 0 spiro atoms. The number of fused-ring (bicyclic) bond motifs is 1. The minimum Gasteiger partial charge on any atom is -0.326 e. The van der Waals surface area contributed by atoms with Crippen molar-refractivity contribution >= 4 is 50.0 Å². The Morgan fingerprint density at radius 1 is 1.24 bits per heavy atom. The Labute approximate surface area is 172 Å². The molecule has 8 nitrogen and oxygen atoms in total. The molecule has 152 valence electrons. The highest BCUT2D eigenvalue weighted by atomic mass is 35.5. The number of carbonyl (C=O) groups excluding carboxylic acids is 2. The summed E-state index contributed by atoms with van der Waals surface area (Å²) in [5.41, 5.74) is 1.05. The molecule has 0 aliphatic rings. The minimum absolute atomic E-state index is 0.00267. The Kier molecular flexibility index (Phi) is 5.74. The molecule has 29 heavy (non-hydrogen) atoms. The largest absolute Gasteiger partial charge is 0.326 e. The van der Waals surface area contributed by atoms with Crippen molar-refractivity contribution in [2.24, 2.45) is 11.1 Å². The molecule has 0 atom stereocenters. The number of carbonyl (C=O) groups is 2. The van der Waals surface area contributed by atoms with Gasteiger partial charge in [-0.25, -0.2) is 18.2 Å². The van der Waals surface area contributed by atoms with Gasteiger partial charge in [0.25, 0.3) is 0 Å². The van der Waals surface area contributed by atoms with Gasteiger partial charge in [0.1, 0.15) is 0 Å².